The highest BCUT2D eigenvalue weighted by atomic mass is 16.5. The molecule has 0 unspecified atom stereocenters. The van der Waals surface area contributed by atoms with Gasteiger partial charge < -0.3 is 9.64 Å². The van der Waals surface area contributed by atoms with E-state index >= 15 is 0 Å². The van der Waals surface area contributed by atoms with Crippen LogP contribution in [0.5, 0.6) is 0 Å². The molecular weight excluding hydrogens is 192 g/mol. The van der Waals surface area contributed by atoms with Gasteiger partial charge in [-0.2, -0.15) is 0 Å². The van der Waals surface area contributed by atoms with E-state index in [-0.39, 0.29) is 6.09 Å². The number of amides is 1. The number of carbonyl (C=O) groups is 1. The predicted octanol–water partition coefficient (Wildman–Crippen LogP) is 1.42. The van der Waals surface area contributed by atoms with E-state index in [1.807, 2.05) is 0 Å². The zero-order valence-corrected chi connectivity index (χ0v) is 10.0. The van der Waals surface area contributed by atoms with Crippen molar-refractivity contribution in [2.24, 2.45) is 5.92 Å². The molecule has 1 amide bonds. The van der Waals surface area contributed by atoms with Gasteiger partial charge in [0, 0.05) is 26.2 Å². The van der Waals surface area contributed by atoms with Gasteiger partial charge in [-0.3, -0.25) is 4.90 Å². The van der Waals surface area contributed by atoms with Gasteiger partial charge in [0.05, 0.1) is 7.11 Å². The molecule has 1 aliphatic rings. The molecule has 88 valence electrons. The summed E-state index contributed by atoms with van der Waals surface area (Å²) in [5.74, 6) is 0.753. The standard InChI is InChI=1S/C11H22N2O2/c1-10(2)4-5-12-6-8-13(9-7-12)11(14)15-3/h10H,4-9H2,1-3H3. The zero-order valence-electron chi connectivity index (χ0n) is 10.0. The first-order valence-corrected chi connectivity index (χ1v) is 5.68. The first-order valence-electron chi connectivity index (χ1n) is 5.68. The molecule has 1 saturated heterocycles. The Balaban J connectivity index is 2.21. The Hall–Kier alpha value is -0.770. The summed E-state index contributed by atoms with van der Waals surface area (Å²) in [7, 11) is 1.44. The first kappa shape index (κ1) is 12.3. The quantitative estimate of drug-likeness (QED) is 0.712. The van der Waals surface area contributed by atoms with Gasteiger partial charge in [0.25, 0.3) is 0 Å². The van der Waals surface area contributed by atoms with Crippen molar-refractivity contribution in [1.82, 2.24) is 9.80 Å². The Labute approximate surface area is 92.2 Å². The summed E-state index contributed by atoms with van der Waals surface area (Å²) in [6.07, 6.45) is 1.04. The maximum Gasteiger partial charge on any atom is 0.409 e. The average Bonchev–Trinajstić information content (AvgIpc) is 2.26. The molecule has 1 rings (SSSR count). The van der Waals surface area contributed by atoms with E-state index in [9.17, 15) is 4.79 Å². The van der Waals surface area contributed by atoms with Crippen LogP contribution in [0.4, 0.5) is 4.79 Å². The van der Waals surface area contributed by atoms with E-state index < -0.39 is 0 Å². The van der Waals surface area contributed by atoms with Gasteiger partial charge in [-0.1, -0.05) is 13.8 Å². The lowest BCUT2D eigenvalue weighted by atomic mass is 10.1. The summed E-state index contributed by atoms with van der Waals surface area (Å²) < 4.78 is 4.69. The van der Waals surface area contributed by atoms with Crippen molar-refractivity contribution in [3.63, 3.8) is 0 Å². The molecule has 15 heavy (non-hydrogen) atoms. The smallest absolute Gasteiger partial charge is 0.409 e. The summed E-state index contributed by atoms with van der Waals surface area (Å²) in [6, 6.07) is 0. The van der Waals surface area contributed by atoms with Crippen molar-refractivity contribution in [3.8, 4) is 0 Å². The zero-order chi connectivity index (χ0) is 11.3. The minimum absolute atomic E-state index is 0.196. The van der Waals surface area contributed by atoms with Crippen molar-refractivity contribution in [2.45, 2.75) is 20.3 Å². The lowest BCUT2D eigenvalue weighted by Crippen LogP contribution is -2.48. The van der Waals surface area contributed by atoms with Gasteiger partial charge in [0.1, 0.15) is 0 Å². The second-order valence-corrected chi connectivity index (χ2v) is 4.48. The highest BCUT2D eigenvalue weighted by molar-refractivity contribution is 5.67. The van der Waals surface area contributed by atoms with E-state index in [1.165, 1.54) is 13.5 Å². The van der Waals surface area contributed by atoms with Gasteiger partial charge in [0.15, 0.2) is 0 Å². The number of carbonyl (C=O) groups excluding carboxylic acids is 1. The van der Waals surface area contributed by atoms with E-state index in [4.69, 9.17) is 4.74 Å². The third-order valence-corrected chi connectivity index (χ3v) is 2.83. The number of rotatable bonds is 3. The molecule has 1 heterocycles. The van der Waals surface area contributed by atoms with Crippen molar-refractivity contribution in [2.75, 3.05) is 39.8 Å². The second-order valence-electron chi connectivity index (χ2n) is 4.48. The molecule has 0 aromatic rings. The van der Waals surface area contributed by atoms with Crippen LogP contribution in [-0.4, -0.2) is 55.7 Å². The maximum atomic E-state index is 11.2. The Morgan fingerprint density at radius 1 is 1.27 bits per heavy atom. The van der Waals surface area contributed by atoms with Crippen LogP contribution in [0.2, 0.25) is 0 Å². The predicted molar refractivity (Wildman–Crippen MR) is 59.9 cm³/mol. The Kier molecular flexibility index (Phi) is 4.88. The van der Waals surface area contributed by atoms with Crippen LogP contribution in [0.3, 0.4) is 0 Å². The first-order chi connectivity index (χ1) is 7.13. The Morgan fingerprint density at radius 2 is 1.87 bits per heavy atom. The van der Waals surface area contributed by atoms with Gasteiger partial charge in [-0.25, -0.2) is 4.79 Å². The molecule has 4 nitrogen and oxygen atoms in total. The van der Waals surface area contributed by atoms with Crippen LogP contribution >= 0.6 is 0 Å². The van der Waals surface area contributed by atoms with E-state index in [2.05, 4.69) is 18.7 Å². The maximum absolute atomic E-state index is 11.2. The number of hydrogen-bond acceptors (Lipinski definition) is 3. The minimum Gasteiger partial charge on any atom is -0.453 e. The fraction of sp³-hybridized carbons (Fsp3) is 0.909. The third kappa shape index (κ3) is 4.08. The largest absolute Gasteiger partial charge is 0.453 e. The van der Waals surface area contributed by atoms with Crippen molar-refractivity contribution in [3.05, 3.63) is 0 Å². The molecule has 1 fully saturated rings. The summed E-state index contributed by atoms with van der Waals surface area (Å²) >= 11 is 0. The molecule has 0 radical (unpaired) electrons. The van der Waals surface area contributed by atoms with Crippen LogP contribution in [0.1, 0.15) is 20.3 Å². The highest BCUT2D eigenvalue weighted by Gasteiger charge is 2.20. The monoisotopic (exact) mass is 214 g/mol. The van der Waals surface area contributed by atoms with Crippen molar-refractivity contribution >= 4 is 6.09 Å². The number of hydrogen-bond donors (Lipinski definition) is 0. The van der Waals surface area contributed by atoms with Crippen LogP contribution in [-0.2, 0) is 4.74 Å². The molecule has 0 aliphatic carbocycles. The van der Waals surface area contributed by atoms with E-state index in [1.54, 1.807) is 4.90 Å². The Morgan fingerprint density at radius 3 is 2.33 bits per heavy atom. The molecule has 0 saturated carbocycles. The van der Waals surface area contributed by atoms with E-state index in [0.29, 0.717) is 0 Å². The van der Waals surface area contributed by atoms with Crippen LogP contribution < -0.4 is 0 Å². The van der Waals surface area contributed by atoms with Crippen LogP contribution in [0.25, 0.3) is 0 Å². The fourth-order valence-corrected chi connectivity index (χ4v) is 1.72. The third-order valence-electron chi connectivity index (χ3n) is 2.83. The van der Waals surface area contributed by atoms with Gasteiger partial charge in [-0.15, -0.1) is 0 Å². The topological polar surface area (TPSA) is 32.8 Å². The molecule has 0 spiro atoms. The Bertz CT molecular complexity index is 199. The molecule has 4 heteroatoms. The molecule has 1 aliphatic heterocycles. The van der Waals surface area contributed by atoms with Gasteiger partial charge in [-0.05, 0) is 18.9 Å². The van der Waals surface area contributed by atoms with Gasteiger partial charge in [0.2, 0.25) is 0 Å². The molecular formula is C11H22N2O2. The molecule has 0 bridgehead atoms. The SMILES string of the molecule is COC(=O)N1CCN(CCC(C)C)CC1. The molecule has 0 N–H and O–H groups in total. The number of nitrogens with zero attached hydrogens (tertiary/aromatic N) is 2. The van der Waals surface area contributed by atoms with Crippen LogP contribution in [0.15, 0.2) is 0 Å². The second kappa shape index (κ2) is 5.95. The lowest BCUT2D eigenvalue weighted by molar-refractivity contribution is 0.0896. The molecule has 0 atom stereocenters. The normalized spacial score (nSPS) is 18.3. The summed E-state index contributed by atoms with van der Waals surface area (Å²) in [6.45, 7) is 9.17. The van der Waals surface area contributed by atoms with E-state index in [0.717, 1.165) is 38.6 Å². The molecule has 0 aromatic carbocycles. The van der Waals surface area contributed by atoms with Crippen molar-refractivity contribution < 1.29 is 9.53 Å². The molecule has 0 aromatic heterocycles. The summed E-state index contributed by atoms with van der Waals surface area (Å²) in [5, 5.41) is 0. The van der Waals surface area contributed by atoms with Gasteiger partial charge >= 0.3 is 6.09 Å². The fourth-order valence-electron chi connectivity index (χ4n) is 1.72. The number of methoxy groups -OCH3 is 1. The summed E-state index contributed by atoms with van der Waals surface area (Å²) in [5.41, 5.74) is 0. The summed E-state index contributed by atoms with van der Waals surface area (Å²) in [4.78, 5) is 15.4. The number of ether oxygens (including phenoxy) is 1. The average molecular weight is 214 g/mol. The lowest BCUT2D eigenvalue weighted by Gasteiger charge is -2.34. The number of piperazine rings is 1. The van der Waals surface area contributed by atoms with Crippen molar-refractivity contribution in [1.29, 1.82) is 0 Å². The highest BCUT2D eigenvalue weighted by Crippen LogP contribution is 2.07. The minimum atomic E-state index is -0.196. The van der Waals surface area contributed by atoms with Crippen LogP contribution in [0, 0.1) is 5.92 Å².